The van der Waals surface area contributed by atoms with Gasteiger partial charge in [0.15, 0.2) is 11.5 Å². The number of aliphatic hydroxyl groups excluding tert-OH is 1. The molecule has 2 heterocycles. The summed E-state index contributed by atoms with van der Waals surface area (Å²) in [6.45, 7) is 0.389. The Morgan fingerprint density at radius 1 is 1.08 bits per heavy atom. The number of aliphatic hydroxyl groups is 1. The van der Waals surface area contributed by atoms with E-state index in [0.29, 0.717) is 28.8 Å². The second-order valence-electron chi connectivity index (χ2n) is 5.39. The summed E-state index contributed by atoms with van der Waals surface area (Å²) in [5.74, 6) is 1.45. The maximum Gasteiger partial charge on any atom is 0.315 e. The molecule has 3 rings (SSSR count). The van der Waals surface area contributed by atoms with Gasteiger partial charge in [-0.3, -0.25) is 0 Å². The Labute approximate surface area is 149 Å². The molecule has 0 fully saturated rings. The first kappa shape index (κ1) is 17.1. The van der Waals surface area contributed by atoms with Gasteiger partial charge in [0.05, 0.1) is 12.8 Å². The van der Waals surface area contributed by atoms with Crippen molar-refractivity contribution in [3.05, 3.63) is 71.1 Å². The van der Waals surface area contributed by atoms with Crippen LogP contribution in [0.2, 0.25) is 5.02 Å². The first-order chi connectivity index (χ1) is 12.1. The van der Waals surface area contributed by atoms with E-state index in [2.05, 4.69) is 10.6 Å². The number of furan rings is 2. The topological polar surface area (TPSA) is 87.6 Å². The summed E-state index contributed by atoms with van der Waals surface area (Å²) in [6, 6.07) is 13.7. The molecule has 0 aliphatic heterocycles. The van der Waals surface area contributed by atoms with E-state index in [4.69, 9.17) is 20.4 Å². The summed E-state index contributed by atoms with van der Waals surface area (Å²) in [7, 11) is 0. The summed E-state index contributed by atoms with van der Waals surface area (Å²) >= 11 is 5.81. The smallest absolute Gasteiger partial charge is 0.315 e. The van der Waals surface area contributed by atoms with Crippen molar-refractivity contribution in [2.45, 2.75) is 12.6 Å². The minimum Gasteiger partial charge on any atom is -0.461 e. The maximum atomic E-state index is 11.8. The lowest BCUT2D eigenvalue weighted by molar-refractivity contribution is 0.148. The van der Waals surface area contributed by atoms with Gasteiger partial charge in [-0.1, -0.05) is 23.7 Å². The Balaban J connectivity index is 1.46. The average molecular weight is 361 g/mol. The Morgan fingerprint density at radius 3 is 2.60 bits per heavy atom. The number of amides is 2. The van der Waals surface area contributed by atoms with Crippen LogP contribution in [0.5, 0.6) is 0 Å². The van der Waals surface area contributed by atoms with Crippen LogP contribution in [0.15, 0.2) is 63.6 Å². The zero-order chi connectivity index (χ0) is 17.6. The minimum atomic E-state index is -0.954. The third kappa shape index (κ3) is 4.65. The molecule has 0 radical (unpaired) electrons. The highest BCUT2D eigenvalue weighted by molar-refractivity contribution is 6.30. The lowest BCUT2D eigenvalue weighted by atomic mass is 10.2. The highest BCUT2D eigenvalue weighted by Crippen LogP contribution is 2.25. The van der Waals surface area contributed by atoms with E-state index in [1.807, 2.05) is 12.1 Å². The highest BCUT2D eigenvalue weighted by Gasteiger charge is 2.15. The molecule has 130 valence electrons. The molecule has 1 atom stereocenters. The van der Waals surface area contributed by atoms with Crippen LogP contribution in [0.25, 0.3) is 11.5 Å². The number of rotatable bonds is 6. The Hall–Kier alpha value is -2.70. The van der Waals surface area contributed by atoms with Crippen molar-refractivity contribution in [1.29, 1.82) is 0 Å². The average Bonchev–Trinajstić information content (AvgIpc) is 3.30. The van der Waals surface area contributed by atoms with Crippen molar-refractivity contribution in [3.63, 3.8) is 0 Å². The Kier molecular flexibility index (Phi) is 5.42. The fourth-order valence-electron chi connectivity index (χ4n) is 2.22. The fraction of sp³-hybridized carbons (Fsp3) is 0.167. The first-order valence-electron chi connectivity index (χ1n) is 7.69. The van der Waals surface area contributed by atoms with Gasteiger partial charge in [-0.05, 0) is 42.0 Å². The van der Waals surface area contributed by atoms with Crippen LogP contribution in [-0.4, -0.2) is 17.7 Å². The molecule has 7 heteroatoms. The molecule has 3 N–H and O–H groups in total. The Morgan fingerprint density at radius 2 is 1.88 bits per heavy atom. The van der Waals surface area contributed by atoms with Crippen LogP contribution in [0.1, 0.15) is 17.4 Å². The molecule has 1 unspecified atom stereocenters. The third-order valence-corrected chi connectivity index (χ3v) is 3.79. The molecule has 0 spiro atoms. The van der Waals surface area contributed by atoms with Gasteiger partial charge in [0, 0.05) is 11.6 Å². The van der Waals surface area contributed by atoms with Crippen LogP contribution in [0, 0.1) is 0 Å². The van der Waals surface area contributed by atoms with Gasteiger partial charge < -0.3 is 24.6 Å². The van der Waals surface area contributed by atoms with Gasteiger partial charge in [-0.25, -0.2) is 4.79 Å². The predicted octanol–water partition coefficient (Wildman–Crippen LogP) is 3.73. The summed E-state index contributed by atoms with van der Waals surface area (Å²) in [6.07, 6.45) is 0.588. The van der Waals surface area contributed by atoms with Crippen molar-refractivity contribution < 1.29 is 18.7 Å². The molecule has 0 saturated carbocycles. The summed E-state index contributed by atoms with van der Waals surface area (Å²) in [5, 5.41) is 16.1. The van der Waals surface area contributed by atoms with Crippen molar-refractivity contribution in [2.24, 2.45) is 0 Å². The van der Waals surface area contributed by atoms with Gasteiger partial charge in [0.1, 0.15) is 11.9 Å². The lowest BCUT2D eigenvalue weighted by Gasteiger charge is -2.11. The molecule has 2 amide bonds. The second kappa shape index (κ2) is 7.92. The molecular weight excluding hydrogens is 344 g/mol. The Bertz CT molecular complexity index is 812. The third-order valence-electron chi connectivity index (χ3n) is 3.54. The van der Waals surface area contributed by atoms with Crippen LogP contribution in [0.4, 0.5) is 4.79 Å². The molecule has 0 aliphatic rings. The van der Waals surface area contributed by atoms with E-state index in [1.54, 1.807) is 42.7 Å². The summed E-state index contributed by atoms with van der Waals surface area (Å²) in [4.78, 5) is 11.8. The lowest BCUT2D eigenvalue weighted by Crippen LogP contribution is -2.37. The van der Waals surface area contributed by atoms with Gasteiger partial charge in [-0.15, -0.1) is 0 Å². The second-order valence-corrected chi connectivity index (χ2v) is 5.82. The number of hydrogen-bond donors (Lipinski definition) is 3. The van der Waals surface area contributed by atoms with E-state index in [0.717, 1.165) is 5.56 Å². The van der Waals surface area contributed by atoms with Crippen LogP contribution < -0.4 is 10.6 Å². The minimum absolute atomic E-state index is 0.0254. The molecule has 3 aromatic rings. The summed E-state index contributed by atoms with van der Waals surface area (Å²) in [5.41, 5.74) is 0.925. The number of benzene rings is 1. The number of nitrogens with one attached hydrogen (secondary N) is 2. The van der Waals surface area contributed by atoms with E-state index in [9.17, 15) is 9.90 Å². The number of carbonyl (C=O) groups is 1. The van der Waals surface area contributed by atoms with Crippen molar-refractivity contribution in [3.8, 4) is 11.5 Å². The van der Waals surface area contributed by atoms with Gasteiger partial charge in [0.2, 0.25) is 0 Å². The van der Waals surface area contributed by atoms with Crippen LogP contribution >= 0.6 is 11.6 Å². The van der Waals surface area contributed by atoms with Gasteiger partial charge >= 0.3 is 6.03 Å². The molecule has 25 heavy (non-hydrogen) atoms. The van der Waals surface area contributed by atoms with Crippen LogP contribution in [-0.2, 0) is 6.54 Å². The normalized spacial score (nSPS) is 11.9. The molecule has 1 aromatic carbocycles. The van der Waals surface area contributed by atoms with E-state index >= 15 is 0 Å². The number of carbonyl (C=O) groups excluding carboxylic acids is 1. The first-order valence-corrected chi connectivity index (χ1v) is 8.07. The zero-order valence-corrected chi connectivity index (χ0v) is 14.0. The van der Waals surface area contributed by atoms with E-state index in [-0.39, 0.29) is 12.6 Å². The van der Waals surface area contributed by atoms with Crippen LogP contribution in [0.3, 0.4) is 0 Å². The van der Waals surface area contributed by atoms with Gasteiger partial charge in [-0.2, -0.15) is 0 Å². The van der Waals surface area contributed by atoms with Crippen molar-refractivity contribution in [2.75, 3.05) is 6.54 Å². The molecular formula is C18H17ClN2O4. The van der Waals surface area contributed by atoms with E-state index in [1.165, 1.54) is 0 Å². The largest absolute Gasteiger partial charge is 0.461 e. The van der Waals surface area contributed by atoms with Crippen molar-refractivity contribution >= 4 is 17.6 Å². The van der Waals surface area contributed by atoms with E-state index < -0.39 is 6.10 Å². The van der Waals surface area contributed by atoms with Crippen molar-refractivity contribution in [1.82, 2.24) is 10.6 Å². The number of halogens is 1. The molecule has 6 nitrogen and oxygen atoms in total. The monoisotopic (exact) mass is 360 g/mol. The number of hydrogen-bond acceptors (Lipinski definition) is 4. The SMILES string of the molecule is O=C(NCc1ccc(Cl)cc1)NCC(O)c1ccc(-c2ccco2)o1. The highest BCUT2D eigenvalue weighted by atomic mass is 35.5. The quantitative estimate of drug-likeness (QED) is 0.625. The zero-order valence-electron chi connectivity index (χ0n) is 13.2. The fourth-order valence-corrected chi connectivity index (χ4v) is 2.35. The predicted molar refractivity (Wildman–Crippen MR) is 93.1 cm³/mol. The van der Waals surface area contributed by atoms with Gasteiger partial charge in [0.25, 0.3) is 0 Å². The summed E-state index contributed by atoms with van der Waals surface area (Å²) < 4.78 is 10.8. The molecule has 0 aliphatic carbocycles. The standard InChI is InChI=1S/C18H17ClN2O4/c19-13-5-3-12(4-6-13)10-20-18(23)21-11-14(22)15-7-8-17(25-15)16-2-1-9-24-16/h1-9,14,22H,10-11H2,(H2,20,21,23). The molecule has 0 saturated heterocycles. The number of urea groups is 1. The molecule has 0 bridgehead atoms. The maximum absolute atomic E-state index is 11.8. The molecule has 2 aromatic heterocycles.